The lowest BCUT2D eigenvalue weighted by Gasteiger charge is -2.22. The summed E-state index contributed by atoms with van der Waals surface area (Å²) in [5.41, 5.74) is 2.16. The van der Waals surface area contributed by atoms with Crippen molar-refractivity contribution in [3.8, 4) is 0 Å². The zero-order chi connectivity index (χ0) is 29.6. The van der Waals surface area contributed by atoms with Crippen LogP contribution in [0.2, 0.25) is 10.0 Å². The number of carbonyl (C=O) groups excluding carboxylic acids is 1. The van der Waals surface area contributed by atoms with Gasteiger partial charge in [-0.3, -0.25) is 9.59 Å². The van der Waals surface area contributed by atoms with E-state index in [0.29, 0.717) is 16.1 Å². The molecule has 2 aromatic carbocycles. The number of sulfonamides is 2. The summed E-state index contributed by atoms with van der Waals surface area (Å²) in [4.78, 5) is 31.2. The van der Waals surface area contributed by atoms with E-state index in [-0.39, 0.29) is 45.4 Å². The average molecular weight is 631 g/mol. The number of nitrogens with one attached hydrogen (secondary N) is 3. The fourth-order valence-corrected chi connectivity index (χ4v) is 6.15. The Morgan fingerprint density at radius 3 is 2.52 bits per heavy atom. The minimum Gasteiger partial charge on any atom is -0.337 e. The summed E-state index contributed by atoms with van der Waals surface area (Å²) in [6.07, 6.45) is -0.363. The van der Waals surface area contributed by atoms with Gasteiger partial charge in [0.1, 0.15) is 21.2 Å². The summed E-state index contributed by atoms with van der Waals surface area (Å²) in [5.74, 6) is -0.851. The van der Waals surface area contributed by atoms with E-state index < -0.39 is 41.3 Å². The number of quaternary nitrogens is 1. The highest BCUT2D eigenvalue weighted by Crippen LogP contribution is 2.34. The molecule has 0 aliphatic carbocycles. The van der Waals surface area contributed by atoms with Gasteiger partial charge in [0.15, 0.2) is 12.4 Å². The lowest BCUT2D eigenvalue weighted by atomic mass is 10.1. The topological polar surface area (TPSA) is 206 Å². The summed E-state index contributed by atoms with van der Waals surface area (Å²) in [6.45, 7) is 0.0271. The van der Waals surface area contributed by atoms with Crippen LogP contribution in [0.25, 0.3) is 11.0 Å². The van der Waals surface area contributed by atoms with Gasteiger partial charge < -0.3 is 14.8 Å². The second-order valence-corrected chi connectivity index (χ2v) is 13.7. The molecule has 4 rings (SSSR count). The number of hydrazone groups is 1. The lowest BCUT2D eigenvalue weighted by Crippen LogP contribution is -2.43. The van der Waals surface area contributed by atoms with Crippen molar-refractivity contribution in [2.75, 3.05) is 33.0 Å². The van der Waals surface area contributed by atoms with Gasteiger partial charge in [-0.2, -0.15) is 13.5 Å². The largest absolute Gasteiger partial charge is 0.337 e. The Morgan fingerprint density at radius 1 is 1.18 bits per heavy atom. The van der Waals surface area contributed by atoms with Crippen LogP contribution in [-0.2, 0) is 31.3 Å². The van der Waals surface area contributed by atoms with Crippen molar-refractivity contribution in [3.63, 3.8) is 0 Å². The second-order valence-electron chi connectivity index (χ2n) is 9.76. The Labute approximate surface area is 238 Å². The minimum atomic E-state index is -4.52. The molecule has 0 saturated heterocycles. The van der Waals surface area contributed by atoms with E-state index in [1.807, 2.05) is 0 Å². The van der Waals surface area contributed by atoms with Crippen molar-refractivity contribution in [2.24, 2.45) is 14.6 Å². The van der Waals surface area contributed by atoms with Gasteiger partial charge in [-0.15, -0.1) is 4.40 Å². The molecule has 3 aromatic rings. The number of rotatable bonds is 7. The number of amides is 1. The number of fused-ring (bicyclic) bond motifs is 2. The van der Waals surface area contributed by atoms with E-state index in [1.165, 1.54) is 6.07 Å². The summed E-state index contributed by atoms with van der Waals surface area (Å²) in [5, 5.41) is 12.0. The first-order valence-electron chi connectivity index (χ1n) is 11.3. The van der Waals surface area contributed by atoms with Gasteiger partial charge in [0, 0.05) is 11.4 Å². The molecule has 212 valence electrons. The molecule has 40 heavy (non-hydrogen) atoms. The standard InChI is InChI=1S/C22H22Cl2N8O6S2/c1-32(2,3)10-20(33)30-29-16(8-17-22(34)28-14-6-11(23)4-5-13(14)26-17)21-27-15-7-12(24)18(39(25,35)36)9-19(15)40(37,38)31-21/h4-7,9H,8,10H2,1-3H3,(H4-,25,27,28,30,31,33,34,35,36)/p+1. The Kier molecular flexibility index (Phi) is 7.78. The van der Waals surface area contributed by atoms with Crippen molar-refractivity contribution in [3.05, 3.63) is 56.4 Å². The number of nitrogens with zero attached hydrogens (tertiary/aromatic N) is 4. The summed E-state index contributed by atoms with van der Waals surface area (Å²) < 4.78 is 53.9. The quantitative estimate of drug-likeness (QED) is 0.167. The first kappa shape index (κ1) is 29.6. The number of nitrogens with two attached hydrogens (primary N) is 1. The molecule has 14 nitrogen and oxygen atoms in total. The third-order valence-electron chi connectivity index (χ3n) is 5.35. The number of H-pyrrole nitrogens is 1. The number of aromatic nitrogens is 2. The average Bonchev–Trinajstić information content (AvgIpc) is 2.79. The molecule has 0 fully saturated rings. The number of hydrogen-bond acceptors (Lipinski definition) is 9. The van der Waals surface area contributed by atoms with Crippen LogP contribution in [0.1, 0.15) is 5.69 Å². The second kappa shape index (κ2) is 10.5. The van der Waals surface area contributed by atoms with Crippen LogP contribution in [-0.4, -0.2) is 76.4 Å². The zero-order valence-electron chi connectivity index (χ0n) is 21.2. The van der Waals surface area contributed by atoms with Crippen molar-refractivity contribution < 1.29 is 26.1 Å². The number of anilines is 1. The van der Waals surface area contributed by atoms with Crippen LogP contribution in [0.3, 0.4) is 0 Å². The van der Waals surface area contributed by atoms with Crippen molar-refractivity contribution in [2.45, 2.75) is 16.2 Å². The van der Waals surface area contributed by atoms with Crippen LogP contribution < -0.4 is 21.4 Å². The Balaban J connectivity index is 1.80. The number of hydrogen-bond donors (Lipinski definition) is 4. The number of benzene rings is 2. The van der Waals surface area contributed by atoms with Crippen LogP contribution in [0, 0.1) is 0 Å². The minimum absolute atomic E-state index is 0.0271. The van der Waals surface area contributed by atoms with Crippen molar-refractivity contribution in [1.29, 1.82) is 0 Å². The fourth-order valence-electron chi connectivity index (χ4n) is 3.66. The van der Waals surface area contributed by atoms with Crippen LogP contribution in [0.4, 0.5) is 5.69 Å². The molecule has 0 spiro atoms. The smallest absolute Gasteiger partial charge is 0.295 e. The van der Waals surface area contributed by atoms with Gasteiger partial charge in [0.2, 0.25) is 10.0 Å². The molecule has 2 heterocycles. The molecule has 1 aliphatic rings. The number of primary sulfonamides is 1. The van der Waals surface area contributed by atoms with Gasteiger partial charge in [-0.25, -0.2) is 24.0 Å². The number of aromatic amines is 1. The third kappa shape index (κ3) is 6.65. The molecule has 5 N–H and O–H groups in total. The van der Waals surface area contributed by atoms with E-state index in [9.17, 15) is 26.4 Å². The molecule has 0 unspecified atom stereocenters. The fraction of sp³-hybridized carbons (Fsp3) is 0.227. The number of halogens is 2. The number of amidine groups is 1. The molecule has 1 aliphatic heterocycles. The summed E-state index contributed by atoms with van der Waals surface area (Å²) >= 11 is 12.0. The highest BCUT2D eigenvalue weighted by atomic mass is 35.5. The Morgan fingerprint density at radius 2 is 1.88 bits per heavy atom. The Bertz CT molecular complexity index is 1900. The van der Waals surface area contributed by atoms with Crippen molar-refractivity contribution in [1.82, 2.24) is 15.4 Å². The van der Waals surface area contributed by atoms with Crippen molar-refractivity contribution >= 4 is 77.4 Å². The van der Waals surface area contributed by atoms with Gasteiger partial charge in [0.05, 0.1) is 42.9 Å². The summed E-state index contributed by atoms with van der Waals surface area (Å²) in [7, 11) is -3.51. The monoisotopic (exact) mass is 629 g/mol. The molecule has 1 amide bonds. The molecule has 18 heteroatoms. The normalized spacial score (nSPS) is 15.2. The maximum atomic E-state index is 13.1. The summed E-state index contributed by atoms with van der Waals surface area (Å²) in [6, 6.07) is 6.52. The molecule has 0 bridgehead atoms. The predicted molar refractivity (Wildman–Crippen MR) is 151 cm³/mol. The first-order chi connectivity index (χ1) is 18.4. The maximum Gasteiger partial charge on any atom is 0.295 e. The highest BCUT2D eigenvalue weighted by Gasteiger charge is 2.31. The van der Waals surface area contributed by atoms with Gasteiger partial charge in [-0.05, 0) is 30.3 Å². The predicted octanol–water partition coefficient (Wildman–Crippen LogP) is 0.811. The molecule has 1 aromatic heterocycles. The van der Waals surface area contributed by atoms with Crippen LogP contribution >= 0.6 is 23.2 Å². The highest BCUT2D eigenvalue weighted by molar-refractivity contribution is 7.91. The van der Waals surface area contributed by atoms with Crippen LogP contribution in [0.5, 0.6) is 0 Å². The Hall–Kier alpha value is -3.41. The molecule has 0 atom stereocenters. The first-order valence-corrected chi connectivity index (χ1v) is 15.0. The molecule has 0 saturated carbocycles. The van der Waals surface area contributed by atoms with Gasteiger partial charge in [0.25, 0.3) is 21.5 Å². The molecular formula is C22H23Cl2N8O6S2+. The van der Waals surface area contributed by atoms with E-state index in [1.54, 1.807) is 33.3 Å². The van der Waals surface area contributed by atoms with E-state index >= 15 is 0 Å². The molecule has 0 radical (unpaired) electrons. The maximum absolute atomic E-state index is 13.1. The lowest BCUT2D eigenvalue weighted by molar-refractivity contribution is -0.862. The van der Waals surface area contributed by atoms with E-state index in [2.05, 4.69) is 30.2 Å². The number of carbonyl (C=O) groups is 1. The number of likely N-dealkylation sites (N-methyl/N-ethyl adjacent to an activating group) is 1. The molecular weight excluding hydrogens is 607 g/mol. The van der Waals surface area contributed by atoms with E-state index in [4.69, 9.17) is 28.3 Å². The van der Waals surface area contributed by atoms with Crippen LogP contribution in [0.15, 0.2) is 54.4 Å². The third-order valence-corrected chi connectivity index (χ3v) is 8.28. The zero-order valence-corrected chi connectivity index (χ0v) is 24.3. The van der Waals surface area contributed by atoms with Gasteiger partial charge >= 0.3 is 0 Å². The SMILES string of the molecule is C[N+](C)(C)CC(=O)NN=C(Cc1nc2ccc(Cl)cc2[nH]c1=O)C1=NS(=O)(=O)c2cc(S(N)(=O)=O)c(Cl)cc2N1. The van der Waals surface area contributed by atoms with Gasteiger partial charge in [-0.1, -0.05) is 23.2 Å². The van der Waals surface area contributed by atoms with E-state index in [0.717, 1.165) is 12.1 Å².